The summed E-state index contributed by atoms with van der Waals surface area (Å²) in [6, 6.07) is 4.05. The second-order valence-electron chi connectivity index (χ2n) is 11.2. The van der Waals surface area contributed by atoms with Crippen LogP contribution >= 0.6 is 0 Å². The maximum absolute atomic E-state index is 11.0. The highest BCUT2D eigenvalue weighted by molar-refractivity contribution is 5.73. The number of allylic oxidation sites excluding steroid dienone is 2. The molecule has 0 aromatic carbocycles. The van der Waals surface area contributed by atoms with E-state index in [9.17, 15) is 5.11 Å². The van der Waals surface area contributed by atoms with Crippen molar-refractivity contribution in [3.63, 3.8) is 0 Å². The molecule has 0 amide bonds. The van der Waals surface area contributed by atoms with Crippen LogP contribution in [0.3, 0.4) is 0 Å². The predicted molar refractivity (Wildman–Crippen MR) is 120 cm³/mol. The van der Waals surface area contributed by atoms with Crippen molar-refractivity contribution in [3.05, 3.63) is 29.6 Å². The Balaban J connectivity index is 1.64. The van der Waals surface area contributed by atoms with Gasteiger partial charge in [-0.3, -0.25) is 4.98 Å². The van der Waals surface area contributed by atoms with Crippen LogP contribution in [0.4, 0.5) is 5.69 Å². The number of aromatic nitrogens is 1. The SMILES string of the molecule is CC(C)O[C@H]1[C@@H](O)[C@]2(C)C[C@@H](c3ccc(N)c(C4=CCC(C)(C)CC4)n3)C[C@@]1(C)O2. The lowest BCUT2D eigenvalue weighted by molar-refractivity contribution is -0.161. The van der Waals surface area contributed by atoms with E-state index in [0.29, 0.717) is 5.41 Å². The maximum Gasteiger partial charge on any atom is 0.115 e. The first kappa shape index (κ1) is 21.8. The number of anilines is 1. The summed E-state index contributed by atoms with van der Waals surface area (Å²) in [6.45, 7) is 12.7. The molecule has 0 saturated carbocycles. The van der Waals surface area contributed by atoms with Crippen molar-refractivity contribution in [1.29, 1.82) is 0 Å². The van der Waals surface area contributed by atoms with Crippen LogP contribution in [0.1, 0.15) is 91.0 Å². The maximum atomic E-state index is 11.0. The minimum absolute atomic E-state index is 0.0372. The third-order valence-electron chi connectivity index (χ3n) is 7.35. The summed E-state index contributed by atoms with van der Waals surface area (Å²) in [5, 5.41) is 11.0. The van der Waals surface area contributed by atoms with Crippen molar-refractivity contribution in [3.8, 4) is 0 Å². The molecular formula is C25H38N2O3. The zero-order valence-corrected chi connectivity index (χ0v) is 19.4. The Bertz CT molecular complexity index is 849. The first-order valence-electron chi connectivity index (χ1n) is 11.4. The van der Waals surface area contributed by atoms with Crippen molar-refractivity contribution >= 4 is 11.3 Å². The van der Waals surface area contributed by atoms with Gasteiger partial charge in [-0.1, -0.05) is 19.9 Å². The van der Waals surface area contributed by atoms with Gasteiger partial charge in [0.25, 0.3) is 0 Å². The van der Waals surface area contributed by atoms with Crippen molar-refractivity contribution in [2.45, 2.75) is 109 Å². The molecule has 1 aromatic rings. The normalized spacial score (nSPS) is 38.0. The molecule has 3 N–H and O–H groups in total. The lowest BCUT2D eigenvalue weighted by Gasteiger charge is -2.41. The number of nitrogens with two attached hydrogens (primary N) is 1. The monoisotopic (exact) mass is 414 g/mol. The third kappa shape index (κ3) is 3.80. The van der Waals surface area contributed by atoms with Crippen LogP contribution in [-0.2, 0) is 9.47 Å². The zero-order chi connectivity index (χ0) is 21.9. The van der Waals surface area contributed by atoms with Gasteiger partial charge in [0.2, 0.25) is 0 Å². The van der Waals surface area contributed by atoms with Crippen LogP contribution in [0.15, 0.2) is 18.2 Å². The molecule has 5 nitrogen and oxygen atoms in total. The van der Waals surface area contributed by atoms with E-state index in [1.807, 2.05) is 26.8 Å². The topological polar surface area (TPSA) is 77.6 Å². The zero-order valence-electron chi connectivity index (χ0n) is 19.4. The molecule has 0 unspecified atom stereocenters. The summed E-state index contributed by atoms with van der Waals surface area (Å²) >= 11 is 0. The molecule has 1 aromatic heterocycles. The highest BCUT2D eigenvalue weighted by Gasteiger charge is 2.63. The van der Waals surface area contributed by atoms with Gasteiger partial charge in [-0.15, -0.1) is 0 Å². The molecule has 3 heterocycles. The summed E-state index contributed by atoms with van der Waals surface area (Å²) in [4.78, 5) is 5.07. The second-order valence-corrected chi connectivity index (χ2v) is 11.2. The largest absolute Gasteiger partial charge is 0.397 e. The number of rotatable bonds is 4. The number of nitrogen functional groups attached to an aromatic ring is 1. The lowest BCUT2D eigenvalue weighted by atomic mass is 9.77. The molecule has 5 atom stereocenters. The number of ether oxygens (including phenoxy) is 2. The fourth-order valence-electron chi connectivity index (χ4n) is 5.66. The van der Waals surface area contributed by atoms with Crippen LogP contribution in [0, 0.1) is 5.41 Å². The van der Waals surface area contributed by atoms with E-state index < -0.39 is 17.3 Å². The number of hydrogen-bond donors (Lipinski definition) is 2. The molecule has 2 bridgehead atoms. The van der Waals surface area contributed by atoms with E-state index in [4.69, 9.17) is 20.2 Å². The standard InChI is InChI=1S/C25H38N2O3/c1-15(2)29-22-21(28)24(5)13-17(14-25(22,6)30-24)19-8-7-18(26)20(27-19)16-9-11-23(3,4)12-10-16/h7-9,15,17,21-22,28H,10-14,26H2,1-6H3/t17-,21-,22+,24+,25-/m1/s1. The highest BCUT2D eigenvalue weighted by atomic mass is 16.6. The number of fused-ring (bicyclic) bond motifs is 2. The van der Waals surface area contributed by atoms with E-state index in [1.54, 1.807) is 0 Å². The first-order valence-corrected chi connectivity index (χ1v) is 11.4. The summed E-state index contributed by atoms with van der Waals surface area (Å²) in [5.74, 6) is 0.198. The third-order valence-corrected chi connectivity index (χ3v) is 7.35. The van der Waals surface area contributed by atoms with Crippen LogP contribution in [0.25, 0.3) is 5.57 Å². The van der Waals surface area contributed by atoms with Gasteiger partial charge in [-0.25, -0.2) is 0 Å². The number of nitrogens with zero attached hydrogens (tertiary/aromatic N) is 1. The van der Waals surface area contributed by atoms with E-state index in [1.165, 1.54) is 5.57 Å². The molecule has 2 saturated heterocycles. The van der Waals surface area contributed by atoms with E-state index in [-0.39, 0.29) is 18.1 Å². The Hall–Kier alpha value is -1.43. The Labute approximate surface area is 181 Å². The minimum Gasteiger partial charge on any atom is -0.397 e. The number of aliphatic hydroxyl groups excluding tert-OH is 1. The summed E-state index contributed by atoms with van der Waals surface area (Å²) in [7, 11) is 0. The second kappa shape index (κ2) is 7.32. The van der Waals surface area contributed by atoms with Crippen molar-refractivity contribution in [2.24, 2.45) is 5.41 Å². The number of hydrogen-bond acceptors (Lipinski definition) is 5. The fraction of sp³-hybridized carbons (Fsp3) is 0.720. The van der Waals surface area contributed by atoms with Gasteiger partial charge in [0.05, 0.1) is 28.7 Å². The molecule has 5 heteroatoms. The van der Waals surface area contributed by atoms with Gasteiger partial charge in [-0.05, 0) is 82.9 Å². The first-order chi connectivity index (χ1) is 13.9. The van der Waals surface area contributed by atoms with Gasteiger partial charge in [0, 0.05) is 11.6 Å². The smallest absolute Gasteiger partial charge is 0.115 e. The van der Waals surface area contributed by atoms with Crippen molar-refractivity contribution in [1.82, 2.24) is 4.98 Å². The minimum atomic E-state index is -0.647. The Kier molecular flexibility index (Phi) is 5.32. The average molecular weight is 415 g/mol. The van der Waals surface area contributed by atoms with Crippen LogP contribution in [-0.4, -0.2) is 39.6 Å². The lowest BCUT2D eigenvalue weighted by Crippen LogP contribution is -2.44. The van der Waals surface area contributed by atoms with Gasteiger partial charge in [0.15, 0.2) is 0 Å². The predicted octanol–water partition coefficient (Wildman–Crippen LogP) is 4.84. The average Bonchev–Trinajstić information content (AvgIpc) is 2.77. The van der Waals surface area contributed by atoms with Crippen LogP contribution < -0.4 is 5.73 Å². The molecule has 2 fully saturated rings. The molecule has 1 aliphatic carbocycles. The Morgan fingerprint density at radius 1 is 1.17 bits per heavy atom. The summed E-state index contributed by atoms with van der Waals surface area (Å²) in [6.07, 6.45) is 6.10. The van der Waals surface area contributed by atoms with Gasteiger partial charge >= 0.3 is 0 Å². The van der Waals surface area contributed by atoms with Gasteiger partial charge in [-0.2, -0.15) is 0 Å². The molecule has 166 valence electrons. The Morgan fingerprint density at radius 2 is 1.87 bits per heavy atom. The fourth-order valence-corrected chi connectivity index (χ4v) is 5.66. The molecule has 3 aliphatic rings. The van der Waals surface area contributed by atoms with Crippen molar-refractivity contribution < 1.29 is 14.6 Å². The van der Waals surface area contributed by atoms with Crippen LogP contribution in [0.5, 0.6) is 0 Å². The molecule has 4 rings (SSSR count). The van der Waals surface area contributed by atoms with E-state index in [0.717, 1.165) is 49.2 Å². The Morgan fingerprint density at radius 3 is 2.50 bits per heavy atom. The van der Waals surface area contributed by atoms with E-state index in [2.05, 4.69) is 32.9 Å². The summed E-state index contributed by atoms with van der Waals surface area (Å²) in [5.41, 5.74) is 9.53. The molecule has 0 spiro atoms. The molecular weight excluding hydrogens is 376 g/mol. The molecule has 30 heavy (non-hydrogen) atoms. The van der Waals surface area contributed by atoms with Gasteiger partial charge in [0.1, 0.15) is 12.2 Å². The van der Waals surface area contributed by atoms with Gasteiger partial charge < -0.3 is 20.3 Å². The van der Waals surface area contributed by atoms with Crippen molar-refractivity contribution in [2.75, 3.05) is 5.73 Å². The quantitative estimate of drug-likeness (QED) is 0.737. The highest BCUT2D eigenvalue weighted by Crippen LogP contribution is 2.54. The number of aliphatic hydroxyl groups is 1. The number of pyridine rings is 1. The molecule has 2 aliphatic heterocycles. The molecule has 0 radical (unpaired) electrons. The van der Waals surface area contributed by atoms with Crippen LogP contribution in [0.2, 0.25) is 0 Å². The summed E-state index contributed by atoms with van der Waals surface area (Å²) < 4.78 is 12.5. The van der Waals surface area contributed by atoms with E-state index >= 15 is 0 Å².